The first-order valence-corrected chi connectivity index (χ1v) is 13.9. The Hall–Kier alpha value is -2.39. The van der Waals surface area contributed by atoms with Crippen molar-refractivity contribution >= 4 is 32.5 Å². The van der Waals surface area contributed by atoms with Crippen LogP contribution in [0.25, 0.3) is 32.5 Å². The molecule has 186 valence electrons. The summed E-state index contributed by atoms with van der Waals surface area (Å²) in [4.78, 5) is 9.89. The molecule has 4 aromatic rings. The molecular formula is C27H35N5O2S. The van der Waals surface area contributed by atoms with Crippen LogP contribution in [-0.4, -0.2) is 75.5 Å². The van der Waals surface area contributed by atoms with Crippen molar-refractivity contribution in [3.05, 3.63) is 35.2 Å². The van der Waals surface area contributed by atoms with E-state index < -0.39 is 0 Å². The molecule has 0 spiro atoms. The molecule has 1 aromatic carbocycles. The Morgan fingerprint density at radius 2 is 1.86 bits per heavy atom. The van der Waals surface area contributed by atoms with E-state index in [0.717, 1.165) is 80.2 Å². The molecule has 2 fully saturated rings. The second-order valence-corrected chi connectivity index (χ2v) is 11.2. The molecule has 3 N–H and O–H groups in total. The van der Waals surface area contributed by atoms with Gasteiger partial charge < -0.3 is 19.7 Å². The zero-order valence-corrected chi connectivity index (χ0v) is 21.1. The second kappa shape index (κ2) is 10.3. The Kier molecular flexibility index (Phi) is 6.78. The van der Waals surface area contributed by atoms with Crippen LogP contribution in [0.15, 0.2) is 30.3 Å². The minimum absolute atomic E-state index is 0.132. The van der Waals surface area contributed by atoms with Crippen molar-refractivity contribution in [2.75, 3.05) is 39.3 Å². The number of aromatic amines is 2. The molecule has 7 nitrogen and oxygen atoms in total. The normalized spacial score (nSPS) is 18.7. The van der Waals surface area contributed by atoms with Gasteiger partial charge in [-0.05, 0) is 69.5 Å². The third-order valence-corrected chi connectivity index (χ3v) is 8.53. The zero-order chi connectivity index (χ0) is 23.6. The molecule has 2 saturated heterocycles. The number of ether oxygens (including phenoxy) is 1. The van der Waals surface area contributed by atoms with Crippen LogP contribution in [-0.2, 0) is 6.54 Å². The number of thiophene rings is 1. The lowest BCUT2D eigenvalue weighted by atomic mass is 10.1. The number of rotatable bonds is 8. The van der Waals surface area contributed by atoms with Crippen molar-refractivity contribution in [3.63, 3.8) is 0 Å². The van der Waals surface area contributed by atoms with Crippen LogP contribution in [0.1, 0.15) is 43.4 Å². The van der Waals surface area contributed by atoms with Gasteiger partial charge in [-0.3, -0.25) is 10.00 Å². The van der Waals surface area contributed by atoms with Gasteiger partial charge in [0.2, 0.25) is 0 Å². The predicted octanol–water partition coefficient (Wildman–Crippen LogP) is 4.98. The maximum absolute atomic E-state index is 9.77. The van der Waals surface area contributed by atoms with Crippen molar-refractivity contribution in [1.82, 2.24) is 25.0 Å². The lowest BCUT2D eigenvalue weighted by Gasteiger charge is -2.28. The first kappa shape index (κ1) is 23.0. The van der Waals surface area contributed by atoms with E-state index >= 15 is 0 Å². The van der Waals surface area contributed by atoms with E-state index in [9.17, 15) is 5.11 Å². The third-order valence-electron chi connectivity index (χ3n) is 7.41. The van der Waals surface area contributed by atoms with E-state index in [1.807, 2.05) is 11.3 Å². The van der Waals surface area contributed by atoms with E-state index in [2.05, 4.69) is 55.3 Å². The molecule has 0 bridgehead atoms. The molecular weight excluding hydrogens is 458 g/mol. The molecule has 8 heteroatoms. The summed E-state index contributed by atoms with van der Waals surface area (Å²) in [6, 6.07) is 10.7. The lowest BCUT2D eigenvalue weighted by molar-refractivity contribution is 0.0797. The van der Waals surface area contributed by atoms with Gasteiger partial charge in [0, 0.05) is 48.0 Å². The highest BCUT2D eigenvalue weighted by Crippen LogP contribution is 2.35. The summed E-state index contributed by atoms with van der Waals surface area (Å²) < 4.78 is 7.26. The number of nitrogens with one attached hydrogen (secondary N) is 2. The van der Waals surface area contributed by atoms with Crippen molar-refractivity contribution in [2.45, 2.75) is 51.2 Å². The van der Waals surface area contributed by atoms with E-state index in [4.69, 9.17) is 4.74 Å². The third kappa shape index (κ3) is 5.26. The Morgan fingerprint density at radius 3 is 2.71 bits per heavy atom. The summed E-state index contributed by atoms with van der Waals surface area (Å²) in [5.41, 5.74) is 4.18. The number of nitrogens with zero attached hydrogens (tertiary/aromatic N) is 3. The van der Waals surface area contributed by atoms with Crippen LogP contribution in [0, 0.1) is 0 Å². The van der Waals surface area contributed by atoms with Crippen molar-refractivity contribution in [1.29, 1.82) is 0 Å². The summed E-state index contributed by atoms with van der Waals surface area (Å²) in [6.45, 7) is 7.23. The Morgan fingerprint density at radius 1 is 1.00 bits per heavy atom. The van der Waals surface area contributed by atoms with E-state index in [1.165, 1.54) is 47.3 Å². The smallest absolute Gasteiger partial charge is 0.126 e. The van der Waals surface area contributed by atoms with Crippen LogP contribution in [0.4, 0.5) is 0 Å². The van der Waals surface area contributed by atoms with Crippen molar-refractivity contribution in [2.24, 2.45) is 0 Å². The zero-order valence-electron chi connectivity index (χ0n) is 20.3. The summed E-state index contributed by atoms with van der Waals surface area (Å²) in [6.07, 6.45) is 6.74. The lowest BCUT2D eigenvalue weighted by Crippen LogP contribution is -2.35. The molecule has 0 amide bonds. The Balaban J connectivity index is 1.11. The number of aliphatic hydroxyl groups excluding tert-OH is 1. The van der Waals surface area contributed by atoms with Crippen molar-refractivity contribution < 1.29 is 9.84 Å². The molecule has 35 heavy (non-hydrogen) atoms. The van der Waals surface area contributed by atoms with Gasteiger partial charge in [-0.15, -0.1) is 11.3 Å². The van der Waals surface area contributed by atoms with Crippen LogP contribution in [0.2, 0.25) is 0 Å². The molecule has 3 aromatic heterocycles. The molecule has 2 aliphatic rings. The van der Waals surface area contributed by atoms with Gasteiger partial charge in [-0.2, -0.15) is 5.10 Å². The summed E-state index contributed by atoms with van der Waals surface area (Å²) in [5.74, 6) is 0.918. The molecule has 0 radical (unpaired) electrons. The predicted molar refractivity (Wildman–Crippen MR) is 142 cm³/mol. The highest BCUT2D eigenvalue weighted by Gasteiger charge is 2.19. The number of aromatic nitrogens is 3. The second-order valence-electron chi connectivity index (χ2n) is 10.1. The molecule has 5 heterocycles. The summed E-state index contributed by atoms with van der Waals surface area (Å²) >= 11 is 1.81. The van der Waals surface area contributed by atoms with Gasteiger partial charge >= 0.3 is 0 Å². The fourth-order valence-electron chi connectivity index (χ4n) is 5.41. The molecule has 6 rings (SSSR count). The number of likely N-dealkylation sites (tertiary alicyclic amines) is 2. The first-order chi connectivity index (χ1) is 17.2. The van der Waals surface area contributed by atoms with E-state index in [1.54, 1.807) is 0 Å². The highest BCUT2D eigenvalue weighted by atomic mass is 32.1. The van der Waals surface area contributed by atoms with Gasteiger partial charge in [0.15, 0.2) is 0 Å². The highest BCUT2D eigenvalue weighted by molar-refractivity contribution is 7.19. The summed E-state index contributed by atoms with van der Waals surface area (Å²) in [5, 5.41) is 18.8. The monoisotopic (exact) mass is 493 g/mol. The Labute approximate surface area is 210 Å². The number of hydrogen-bond donors (Lipinski definition) is 3. The topological polar surface area (TPSA) is 80.4 Å². The standard InChI is InChI=1S/C27H35N5O2S/c33-20-7-12-32(13-8-20)18-22-17-25-27(35-22)26(30-29-25)24-15-19-5-6-21(16-23(19)28-24)34-14-4-11-31-9-2-1-3-10-31/h5-6,15-17,20,28,33H,1-4,7-14,18H2,(H,29,30). The van der Waals surface area contributed by atoms with Crippen LogP contribution < -0.4 is 4.74 Å². The van der Waals surface area contributed by atoms with Crippen LogP contribution in [0.3, 0.4) is 0 Å². The summed E-state index contributed by atoms with van der Waals surface area (Å²) in [7, 11) is 0. The average Bonchev–Trinajstić information content (AvgIpc) is 3.57. The van der Waals surface area contributed by atoms with Gasteiger partial charge in [0.05, 0.1) is 28.6 Å². The number of hydrogen-bond acceptors (Lipinski definition) is 6. The Bertz CT molecular complexity index is 1260. The maximum atomic E-state index is 9.77. The number of piperidine rings is 2. The SMILES string of the molecule is OC1CCN(Cc2cc3[nH]nc(-c4cc5ccc(OCCCN6CCCCC6)cc5[nH]4)c3s2)CC1. The van der Waals surface area contributed by atoms with Gasteiger partial charge in [-0.1, -0.05) is 6.42 Å². The van der Waals surface area contributed by atoms with Gasteiger partial charge in [-0.25, -0.2) is 0 Å². The largest absolute Gasteiger partial charge is 0.493 e. The number of aliphatic hydroxyl groups is 1. The quantitative estimate of drug-likeness (QED) is 0.302. The van der Waals surface area contributed by atoms with Crippen LogP contribution in [0.5, 0.6) is 5.75 Å². The number of benzene rings is 1. The van der Waals surface area contributed by atoms with Crippen LogP contribution >= 0.6 is 11.3 Å². The molecule has 2 aliphatic heterocycles. The minimum Gasteiger partial charge on any atom is -0.493 e. The van der Waals surface area contributed by atoms with Gasteiger partial charge in [0.25, 0.3) is 0 Å². The fourth-order valence-corrected chi connectivity index (χ4v) is 6.56. The molecule has 0 aliphatic carbocycles. The number of fused-ring (bicyclic) bond motifs is 2. The molecule has 0 unspecified atom stereocenters. The first-order valence-electron chi connectivity index (χ1n) is 13.1. The average molecular weight is 494 g/mol. The number of H-pyrrole nitrogens is 2. The minimum atomic E-state index is -0.132. The maximum Gasteiger partial charge on any atom is 0.126 e. The van der Waals surface area contributed by atoms with E-state index in [-0.39, 0.29) is 6.10 Å². The van der Waals surface area contributed by atoms with Crippen molar-refractivity contribution in [3.8, 4) is 17.1 Å². The molecule has 0 saturated carbocycles. The fraction of sp³-hybridized carbons (Fsp3) is 0.519. The van der Waals surface area contributed by atoms with E-state index in [0.29, 0.717) is 0 Å². The molecule has 0 atom stereocenters. The van der Waals surface area contributed by atoms with Gasteiger partial charge in [0.1, 0.15) is 11.4 Å².